The Balaban J connectivity index is 2.36. The molecule has 2 heterocycles. The Morgan fingerprint density at radius 2 is 2.11 bits per heavy atom. The highest BCUT2D eigenvalue weighted by Crippen LogP contribution is 2.32. The highest BCUT2D eigenvalue weighted by atomic mass is 16.4. The number of H-pyrrole nitrogens is 1. The number of benzene rings is 1. The molecule has 19 heavy (non-hydrogen) atoms. The van der Waals surface area contributed by atoms with Crippen LogP contribution in [0.1, 0.15) is 16.1 Å². The fourth-order valence-corrected chi connectivity index (χ4v) is 2.41. The molecule has 0 spiro atoms. The number of hydrogen-bond donors (Lipinski definition) is 2. The van der Waals surface area contributed by atoms with Crippen LogP contribution >= 0.6 is 0 Å². The molecule has 0 fully saturated rings. The molecule has 0 aliphatic heterocycles. The first-order valence-corrected chi connectivity index (χ1v) is 5.92. The largest absolute Gasteiger partial charge is 0.478 e. The number of aromatic amines is 1. The maximum atomic E-state index is 11.3. The summed E-state index contributed by atoms with van der Waals surface area (Å²) < 4.78 is 1.53. The molecule has 5 heteroatoms. The molecule has 2 aromatic heterocycles. The standard InChI is InChI=1S/C14H13N3O2/c1-8-12(9-5-3-4-6-11(9)15-8)13-10(14(18)19)7-17(2)16-13/h3-7,15H,1-2H3,(H,18,19). The number of hydrogen-bond acceptors (Lipinski definition) is 2. The highest BCUT2D eigenvalue weighted by molar-refractivity contribution is 6.03. The van der Waals surface area contributed by atoms with Crippen LogP contribution in [0.2, 0.25) is 0 Å². The molecule has 0 aliphatic rings. The maximum Gasteiger partial charge on any atom is 0.339 e. The van der Waals surface area contributed by atoms with Gasteiger partial charge in [-0.1, -0.05) is 18.2 Å². The molecule has 0 unspecified atom stereocenters. The number of carboxylic acid groups (broad SMARTS) is 1. The molecular formula is C14H13N3O2. The zero-order chi connectivity index (χ0) is 13.6. The van der Waals surface area contributed by atoms with Gasteiger partial charge in [0.25, 0.3) is 0 Å². The number of carboxylic acids is 1. The fourth-order valence-electron chi connectivity index (χ4n) is 2.41. The van der Waals surface area contributed by atoms with E-state index in [1.165, 1.54) is 10.9 Å². The second-order valence-corrected chi connectivity index (χ2v) is 4.54. The lowest BCUT2D eigenvalue weighted by Gasteiger charge is -1.99. The van der Waals surface area contributed by atoms with Gasteiger partial charge in [0.15, 0.2) is 0 Å². The van der Waals surface area contributed by atoms with Gasteiger partial charge in [-0.3, -0.25) is 4.68 Å². The summed E-state index contributed by atoms with van der Waals surface area (Å²) in [5.74, 6) is -0.965. The van der Waals surface area contributed by atoms with Gasteiger partial charge in [-0.05, 0) is 13.0 Å². The monoisotopic (exact) mass is 255 g/mol. The van der Waals surface area contributed by atoms with E-state index in [-0.39, 0.29) is 5.56 Å². The summed E-state index contributed by atoms with van der Waals surface area (Å²) >= 11 is 0. The van der Waals surface area contributed by atoms with E-state index in [1.54, 1.807) is 7.05 Å². The molecule has 0 amide bonds. The molecule has 0 saturated carbocycles. The Morgan fingerprint density at radius 1 is 1.37 bits per heavy atom. The van der Waals surface area contributed by atoms with Crippen LogP contribution in [0.3, 0.4) is 0 Å². The van der Waals surface area contributed by atoms with Gasteiger partial charge in [-0.25, -0.2) is 4.79 Å². The summed E-state index contributed by atoms with van der Waals surface area (Å²) in [4.78, 5) is 14.6. The number of nitrogens with zero attached hydrogens (tertiary/aromatic N) is 2. The molecule has 2 N–H and O–H groups in total. The van der Waals surface area contributed by atoms with Crippen molar-refractivity contribution in [3.8, 4) is 11.3 Å². The van der Waals surface area contributed by atoms with Crippen LogP contribution in [-0.2, 0) is 7.05 Å². The van der Waals surface area contributed by atoms with Gasteiger partial charge in [0.2, 0.25) is 0 Å². The zero-order valence-electron chi connectivity index (χ0n) is 10.6. The van der Waals surface area contributed by atoms with E-state index in [9.17, 15) is 9.90 Å². The predicted octanol–water partition coefficient (Wildman–Crippen LogP) is 2.58. The van der Waals surface area contributed by atoms with Gasteiger partial charge in [-0.15, -0.1) is 0 Å². The van der Waals surface area contributed by atoms with Gasteiger partial charge in [0, 0.05) is 35.4 Å². The molecule has 96 valence electrons. The molecule has 0 radical (unpaired) electrons. The average Bonchev–Trinajstić information content (AvgIpc) is 2.88. The topological polar surface area (TPSA) is 70.9 Å². The summed E-state index contributed by atoms with van der Waals surface area (Å²) in [6, 6.07) is 7.81. The first-order chi connectivity index (χ1) is 9.08. The number of aromatic nitrogens is 3. The van der Waals surface area contributed by atoms with E-state index in [4.69, 9.17) is 0 Å². The lowest BCUT2D eigenvalue weighted by Crippen LogP contribution is -1.97. The van der Waals surface area contributed by atoms with Crippen molar-refractivity contribution in [1.82, 2.24) is 14.8 Å². The third-order valence-corrected chi connectivity index (χ3v) is 3.19. The van der Waals surface area contributed by atoms with Crippen molar-refractivity contribution in [2.45, 2.75) is 6.92 Å². The van der Waals surface area contributed by atoms with E-state index >= 15 is 0 Å². The Morgan fingerprint density at radius 3 is 2.84 bits per heavy atom. The van der Waals surface area contributed by atoms with Crippen molar-refractivity contribution in [1.29, 1.82) is 0 Å². The minimum Gasteiger partial charge on any atom is -0.478 e. The second-order valence-electron chi connectivity index (χ2n) is 4.54. The Bertz CT molecular complexity index is 783. The molecule has 3 rings (SSSR count). The highest BCUT2D eigenvalue weighted by Gasteiger charge is 2.20. The summed E-state index contributed by atoms with van der Waals surface area (Å²) in [7, 11) is 1.72. The Hall–Kier alpha value is -2.56. The van der Waals surface area contributed by atoms with Crippen molar-refractivity contribution >= 4 is 16.9 Å². The summed E-state index contributed by atoms with van der Waals surface area (Å²) in [6.07, 6.45) is 1.53. The molecule has 3 aromatic rings. The van der Waals surface area contributed by atoms with Gasteiger partial charge in [-0.2, -0.15) is 5.10 Å². The van der Waals surface area contributed by atoms with Gasteiger partial charge >= 0.3 is 5.97 Å². The first kappa shape index (κ1) is 11.5. The maximum absolute atomic E-state index is 11.3. The Kier molecular flexibility index (Phi) is 2.41. The lowest BCUT2D eigenvalue weighted by atomic mass is 10.0. The van der Waals surface area contributed by atoms with Crippen LogP contribution in [0, 0.1) is 6.92 Å². The SMILES string of the molecule is Cc1[nH]c2ccccc2c1-c1nn(C)cc1C(=O)O. The van der Waals surface area contributed by atoms with Gasteiger partial charge < -0.3 is 10.1 Å². The van der Waals surface area contributed by atoms with E-state index in [0.29, 0.717) is 5.69 Å². The molecular weight excluding hydrogens is 242 g/mol. The predicted molar refractivity (Wildman–Crippen MR) is 72.2 cm³/mol. The van der Waals surface area contributed by atoms with Crippen LogP contribution in [0.5, 0.6) is 0 Å². The molecule has 0 aliphatic carbocycles. The lowest BCUT2D eigenvalue weighted by molar-refractivity contribution is 0.0697. The van der Waals surface area contributed by atoms with Crippen LogP contribution < -0.4 is 0 Å². The number of aromatic carboxylic acids is 1. The molecule has 5 nitrogen and oxygen atoms in total. The minimum atomic E-state index is -0.965. The smallest absolute Gasteiger partial charge is 0.339 e. The number of nitrogens with one attached hydrogen (secondary N) is 1. The quantitative estimate of drug-likeness (QED) is 0.739. The van der Waals surface area contributed by atoms with Crippen LogP contribution in [0.4, 0.5) is 0 Å². The van der Waals surface area contributed by atoms with Gasteiger partial charge in [0.05, 0.1) is 0 Å². The second kappa shape index (κ2) is 3.98. The number of aryl methyl sites for hydroxylation is 2. The number of fused-ring (bicyclic) bond motifs is 1. The molecule has 0 bridgehead atoms. The fraction of sp³-hybridized carbons (Fsp3) is 0.143. The summed E-state index contributed by atoms with van der Waals surface area (Å²) in [6.45, 7) is 1.93. The minimum absolute atomic E-state index is 0.218. The van der Waals surface area contributed by atoms with E-state index in [2.05, 4.69) is 10.1 Å². The van der Waals surface area contributed by atoms with E-state index in [1.807, 2.05) is 31.2 Å². The third-order valence-electron chi connectivity index (χ3n) is 3.19. The molecule has 0 saturated heterocycles. The Labute approximate surface area is 109 Å². The summed E-state index contributed by atoms with van der Waals surface area (Å²) in [5.41, 5.74) is 3.48. The summed E-state index contributed by atoms with van der Waals surface area (Å²) in [5, 5.41) is 14.6. The normalized spacial score (nSPS) is 11.1. The number of rotatable bonds is 2. The van der Waals surface area contributed by atoms with Crippen molar-refractivity contribution in [3.63, 3.8) is 0 Å². The van der Waals surface area contributed by atoms with Gasteiger partial charge in [0.1, 0.15) is 11.3 Å². The van der Waals surface area contributed by atoms with Crippen LogP contribution in [0.25, 0.3) is 22.2 Å². The first-order valence-electron chi connectivity index (χ1n) is 5.92. The number of para-hydroxylation sites is 1. The van der Waals surface area contributed by atoms with Crippen molar-refractivity contribution < 1.29 is 9.90 Å². The zero-order valence-corrected chi connectivity index (χ0v) is 10.6. The van der Waals surface area contributed by atoms with Crippen LogP contribution in [0.15, 0.2) is 30.5 Å². The van der Waals surface area contributed by atoms with Crippen molar-refractivity contribution in [3.05, 3.63) is 41.7 Å². The number of carbonyl (C=O) groups is 1. The van der Waals surface area contributed by atoms with Crippen LogP contribution in [-0.4, -0.2) is 25.8 Å². The molecule has 1 aromatic carbocycles. The van der Waals surface area contributed by atoms with Crippen molar-refractivity contribution in [2.24, 2.45) is 7.05 Å². The average molecular weight is 255 g/mol. The van der Waals surface area contributed by atoms with Crippen molar-refractivity contribution in [2.75, 3.05) is 0 Å². The molecule has 0 atom stereocenters. The third kappa shape index (κ3) is 1.71. The van der Waals surface area contributed by atoms with E-state index < -0.39 is 5.97 Å². The van der Waals surface area contributed by atoms with E-state index in [0.717, 1.165) is 22.2 Å².